The van der Waals surface area contributed by atoms with Crippen LogP contribution in [0, 0.1) is 17.7 Å². The van der Waals surface area contributed by atoms with Crippen LogP contribution in [-0.4, -0.2) is 3.21 Å². The number of halogens is 4. The van der Waals surface area contributed by atoms with Crippen LogP contribution in [0.25, 0.3) is 32.7 Å². The molecule has 0 nitrogen and oxygen atoms in total. The first-order chi connectivity index (χ1) is 21.8. The third-order valence-corrected chi connectivity index (χ3v) is 10.6. The maximum atomic E-state index is 12.8. The fourth-order valence-corrected chi connectivity index (χ4v) is 7.78. The van der Waals surface area contributed by atoms with Gasteiger partial charge in [-0.3, -0.25) is 6.08 Å². The van der Waals surface area contributed by atoms with Gasteiger partial charge in [-0.25, -0.2) is 12.2 Å². The van der Waals surface area contributed by atoms with E-state index < -0.39 is 0 Å². The summed E-state index contributed by atoms with van der Waals surface area (Å²) in [5.41, 5.74) is 10.9. The molecule has 0 saturated carbocycles. The summed E-state index contributed by atoms with van der Waals surface area (Å²) in [7, 11) is 0. The Labute approximate surface area is 310 Å². The molecule has 5 heteroatoms. The van der Waals surface area contributed by atoms with Crippen molar-refractivity contribution in [2.75, 3.05) is 0 Å². The van der Waals surface area contributed by atoms with Crippen LogP contribution >= 0.6 is 0 Å². The fourth-order valence-electron chi connectivity index (χ4n) is 6.96. The summed E-state index contributed by atoms with van der Waals surface area (Å²) < 4.78 is 26.6. The Morgan fingerprint density at radius 1 is 0.688 bits per heavy atom. The van der Waals surface area contributed by atoms with Crippen molar-refractivity contribution in [3.8, 4) is 0 Å². The zero-order valence-corrected chi connectivity index (χ0v) is 32.1. The second kappa shape index (κ2) is 14.8. The molecule has 0 bridgehead atoms. The third kappa shape index (κ3) is 7.55. The van der Waals surface area contributed by atoms with Crippen molar-refractivity contribution in [1.29, 1.82) is 0 Å². The van der Waals surface area contributed by atoms with E-state index in [0.717, 1.165) is 20.8 Å². The first-order valence-electron chi connectivity index (χ1n) is 15.8. The van der Waals surface area contributed by atoms with Crippen molar-refractivity contribution in [1.82, 2.24) is 0 Å². The second-order valence-electron chi connectivity index (χ2n) is 13.6. The molecule has 3 aliphatic rings. The second-order valence-corrected chi connectivity index (χ2v) is 14.8. The quantitative estimate of drug-likeness (QED) is 0.209. The summed E-state index contributed by atoms with van der Waals surface area (Å²) in [5, 5.41) is 5.57. The Balaban J connectivity index is 0.000000195. The van der Waals surface area contributed by atoms with Crippen molar-refractivity contribution in [3.05, 3.63) is 160 Å². The van der Waals surface area contributed by atoms with E-state index in [1.54, 1.807) is 24.3 Å². The molecule has 0 unspecified atom stereocenters. The first-order valence-corrected chi connectivity index (χ1v) is 17.0. The van der Waals surface area contributed by atoms with Gasteiger partial charge in [0.1, 0.15) is 0 Å². The van der Waals surface area contributed by atoms with Crippen LogP contribution in [0.15, 0.2) is 109 Å². The number of fused-ring (bicyclic) bond motifs is 5. The van der Waals surface area contributed by atoms with E-state index in [1.807, 2.05) is 12.2 Å². The largest absolute Gasteiger partial charge is 1.00 e. The normalized spacial score (nSPS) is 15.6. The molecule has 0 aromatic heterocycles. The molecule has 0 amide bonds. The minimum absolute atomic E-state index is 0. The molecule has 5 aromatic rings. The van der Waals surface area contributed by atoms with E-state index in [2.05, 4.69) is 96.2 Å². The minimum Gasteiger partial charge on any atom is -1.00 e. The molecule has 0 saturated heterocycles. The van der Waals surface area contributed by atoms with E-state index in [1.165, 1.54) is 103 Å². The third-order valence-electron chi connectivity index (χ3n) is 9.22. The Hall–Kier alpha value is -3.10. The van der Waals surface area contributed by atoms with E-state index >= 15 is 0 Å². The van der Waals surface area contributed by atoms with Gasteiger partial charge in [-0.1, -0.05) is 63.1 Å². The average Bonchev–Trinajstić information content (AvgIpc) is 3.79. The molecule has 0 spiro atoms. The number of rotatable bonds is 2. The summed E-state index contributed by atoms with van der Waals surface area (Å²) in [6, 6.07) is 24.8. The van der Waals surface area contributed by atoms with Crippen LogP contribution < -0.4 is 24.8 Å². The number of allylic oxidation sites excluding steroid dienone is 8. The topological polar surface area (TPSA) is 0 Å². The van der Waals surface area contributed by atoms with Crippen LogP contribution in [0.4, 0.5) is 8.78 Å². The van der Waals surface area contributed by atoms with Gasteiger partial charge in [0, 0.05) is 10.8 Å². The summed E-state index contributed by atoms with van der Waals surface area (Å²) >= 11 is 1.22. The smallest absolute Gasteiger partial charge is 0.109 e. The Morgan fingerprint density at radius 2 is 1.10 bits per heavy atom. The maximum Gasteiger partial charge on any atom is -0.109 e. The molecule has 0 aliphatic heterocycles. The molecule has 0 fully saturated rings. The Kier molecular flexibility index (Phi) is 11.6. The monoisotopic (exact) mass is 752 g/mol. The molecule has 0 radical (unpaired) electrons. The van der Waals surface area contributed by atoms with E-state index in [4.69, 9.17) is 0 Å². The molecule has 48 heavy (non-hydrogen) atoms. The van der Waals surface area contributed by atoms with Gasteiger partial charge in [0.05, 0.1) is 0 Å². The van der Waals surface area contributed by atoms with Crippen LogP contribution in [-0.2, 0) is 35.1 Å². The van der Waals surface area contributed by atoms with Gasteiger partial charge < -0.3 is 24.8 Å². The minimum atomic E-state index is -0.244. The van der Waals surface area contributed by atoms with Crippen molar-refractivity contribution in [3.63, 3.8) is 0 Å². The molecule has 244 valence electrons. The molecule has 0 heterocycles. The Morgan fingerprint density at radius 3 is 1.44 bits per heavy atom. The van der Waals surface area contributed by atoms with Crippen molar-refractivity contribution in [2.45, 2.75) is 58.8 Å². The van der Waals surface area contributed by atoms with Gasteiger partial charge in [-0.05, 0) is 36.1 Å². The van der Waals surface area contributed by atoms with Gasteiger partial charge in [-0.15, -0.1) is 46.2 Å². The predicted molar refractivity (Wildman–Crippen MR) is 188 cm³/mol. The van der Waals surface area contributed by atoms with Gasteiger partial charge in [0.25, 0.3) is 0 Å². The number of benzene rings is 4. The molecule has 3 aliphatic carbocycles. The van der Waals surface area contributed by atoms with Crippen LogP contribution in [0.5, 0.6) is 0 Å². The molecule has 0 N–H and O–H groups in total. The van der Waals surface area contributed by atoms with E-state index in [-0.39, 0.29) is 47.3 Å². The summed E-state index contributed by atoms with van der Waals surface area (Å²) in [5.74, 6) is -0.488. The fraction of sp³-hybridized carbons (Fsp3) is 0.209. The zero-order chi connectivity index (χ0) is 32.8. The molecule has 8 rings (SSSR count). The zero-order valence-electron chi connectivity index (χ0n) is 28.1. The van der Waals surface area contributed by atoms with Crippen molar-refractivity contribution < 1.29 is 57.8 Å². The van der Waals surface area contributed by atoms with E-state index in [9.17, 15) is 8.78 Å². The van der Waals surface area contributed by atoms with Gasteiger partial charge in [0.2, 0.25) is 0 Å². The van der Waals surface area contributed by atoms with Gasteiger partial charge in [0.15, 0.2) is 0 Å². The van der Waals surface area contributed by atoms with Crippen molar-refractivity contribution in [2.24, 2.45) is 0 Å². The van der Waals surface area contributed by atoms with Crippen molar-refractivity contribution >= 4 is 35.9 Å². The van der Waals surface area contributed by atoms with Gasteiger partial charge >= 0.3 is 108 Å². The summed E-state index contributed by atoms with van der Waals surface area (Å²) in [6.45, 7) is 13.8. The SMILES string of the molecule is CC1=CC(C)(C)c2cc3[cH-]c4cc5c(cc4c3cc21)C(C)=CC5(C)C.Fc1ccc([C](=[Zr+2])c2ccc(F)cc2)cc1.[C-]1=CC=CC1.[Cl-].[Cl-]. The van der Waals surface area contributed by atoms with Crippen LogP contribution in [0.1, 0.15) is 81.3 Å². The molecular weight excluding hydrogens is 717 g/mol. The van der Waals surface area contributed by atoms with E-state index in [0.29, 0.717) is 0 Å². The molecular formula is C43H38Cl2F2Zr-2. The number of hydrogen-bond acceptors (Lipinski definition) is 0. The van der Waals surface area contributed by atoms with Crippen LogP contribution in [0.3, 0.4) is 0 Å². The molecule has 0 atom stereocenters. The predicted octanol–water partition coefficient (Wildman–Crippen LogP) is 5.49. The standard InChI is InChI=1S/C25H25.C13H8F2.C5H5.2ClH.Zr/c1-14-12-24(3,4)22-8-16-7-17-9-23-19(15(2)13-25(23,5)6)11-21(17)20(16)10-18(14)22;14-12-5-1-10(2-6-12)9-11-3-7-13(15)8-4-11;1-2-4-5-3-1;;;/h7-13H,1-6H3;1-8H;1-3H,4H2;2*1H;/q-1;;-1;;;+2/p-2. The molecule has 5 aromatic carbocycles. The number of hydrogen-bond donors (Lipinski definition) is 0. The summed E-state index contributed by atoms with van der Waals surface area (Å²) in [4.78, 5) is 0. The Bertz CT molecular complexity index is 1960. The summed E-state index contributed by atoms with van der Waals surface area (Å²) in [6.07, 6.45) is 14.8. The van der Waals surface area contributed by atoms with Crippen LogP contribution in [0.2, 0.25) is 0 Å². The average molecular weight is 755 g/mol. The first kappa shape index (κ1) is 37.7. The van der Waals surface area contributed by atoms with Gasteiger partial charge in [-0.2, -0.15) is 6.08 Å². The maximum absolute atomic E-state index is 12.8.